The van der Waals surface area contributed by atoms with Crippen molar-refractivity contribution in [1.82, 2.24) is 19.3 Å². The Morgan fingerprint density at radius 3 is 2.21 bits per heavy atom. The Balaban J connectivity index is 0.00000401. The second kappa shape index (κ2) is 12.7. The van der Waals surface area contributed by atoms with Crippen LogP contribution in [0.3, 0.4) is 0 Å². The van der Waals surface area contributed by atoms with Gasteiger partial charge in [-0.2, -0.15) is 17.2 Å². The zero-order valence-electron chi connectivity index (χ0n) is 28.5. The molecule has 0 fully saturated rings. The summed E-state index contributed by atoms with van der Waals surface area (Å²) in [7, 11) is 1.69. The molecule has 0 unspecified atom stereocenters. The number of aromatic nitrogens is 4. The SMILES string of the molecule is COc1c(-c2cc(C)c(C(C)(C)C)c(C)c2)c(C)nn1-c1[c-]c(Oc2[c-]c3c(cc2)c2ccccc2n3-c2cc(C)ccn2)ccc1.[Pd+2]. The third kappa shape index (κ3) is 5.83. The molecule has 0 aliphatic carbocycles. The number of rotatable bonds is 6. The number of methoxy groups -OCH3 is 1. The van der Waals surface area contributed by atoms with Crippen LogP contribution in [0.25, 0.3) is 44.4 Å². The number of benzene rings is 4. The van der Waals surface area contributed by atoms with E-state index in [1.807, 2.05) is 49.5 Å². The van der Waals surface area contributed by atoms with Gasteiger partial charge in [0.15, 0.2) is 0 Å². The van der Waals surface area contributed by atoms with Crippen LogP contribution < -0.4 is 9.47 Å². The summed E-state index contributed by atoms with van der Waals surface area (Å²) >= 11 is 0. The van der Waals surface area contributed by atoms with Crippen LogP contribution in [0.1, 0.15) is 48.7 Å². The Labute approximate surface area is 296 Å². The Kier molecular flexibility index (Phi) is 8.81. The molecule has 0 N–H and O–H groups in total. The van der Waals surface area contributed by atoms with Crippen LogP contribution in [0.2, 0.25) is 0 Å². The van der Waals surface area contributed by atoms with E-state index in [0.29, 0.717) is 23.1 Å². The smallest absolute Gasteiger partial charge is 0.509 e. The molecule has 0 bridgehead atoms. The Morgan fingerprint density at radius 2 is 1.50 bits per heavy atom. The molecule has 0 atom stereocenters. The van der Waals surface area contributed by atoms with Gasteiger partial charge in [0.2, 0.25) is 5.88 Å². The second-order valence-electron chi connectivity index (χ2n) is 13.2. The molecule has 3 heterocycles. The van der Waals surface area contributed by atoms with Crippen LogP contribution in [0.15, 0.2) is 85.1 Å². The molecule has 0 spiro atoms. The maximum atomic E-state index is 6.40. The average Bonchev–Trinajstić information content (AvgIpc) is 3.54. The number of ether oxygens (including phenoxy) is 2. The topological polar surface area (TPSA) is 54.1 Å². The molecule has 7 heteroatoms. The summed E-state index contributed by atoms with van der Waals surface area (Å²) in [4.78, 5) is 4.69. The maximum absolute atomic E-state index is 6.40. The van der Waals surface area contributed by atoms with E-state index in [0.717, 1.165) is 50.0 Å². The van der Waals surface area contributed by atoms with Gasteiger partial charge in [0.05, 0.1) is 18.4 Å². The minimum absolute atomic E-state index is 0. The molecule has 3 aromatic heterocycles. The van der Waals surface area contributed by atoms with E-state index in [4.69, 9.17) is 14.6 Å². The minimum Gasteiger partial charge on any atom is -0.509 e. The standard InChI is InChI=1S/C41H38N4O2.Pd/c1-25-18-19-42-37(20-25)44-35-15-10-9-14-33(35)34-17-16-32(24-36(34)44)47-31-13-11-12-30(23-31)45-40(46-8)38(28(4)43-45)29-21-26(2)39(27(3)22-29)41(5,6)7;/h9-22H,1-8H3;/q-2;+2. The van der Waals surface area contributed by atoms with Crippen molar-refractivity contribution >= 4 is 21.8 Å². The molecule has 7 aromatic rings. The number of pyridine rings is 1. The normalized spacial score (nSPS) is 11.6. The third-order valence-corrected chi connectivity index (χ3v) is 8.67. The van der Waals surface area contributed by atoms with E-state index in [1.54, 1.807) is 11.8 Å². The number of fused-ring (bicyclic) bond motifs is 3. The van der Waals surface area contributed by atoms with E-state index < -0.39 is 0 Å². The van der Waals surface area contributed by atoms with Crippen LogP contribution >= 0.6 is 0 Å². The van der Waals surface area contributed by atoms with Crippen LogP contribution in [-0.2, 0) is 25.8 Å². The van der Waals surface area contributed by atoms with Crippen molar-refractivity contribution in [2.45, 2.75) is 53.9 Å². The fourth-order valence-electron chi connectivity index (χ4n) is 7.03. The zero-order valence-corrected chi connectivity index (χ0v) is 30.1. The summed E-state index contributed by atoms with van der Waals surface area (Å²) in [6.07, 6.45) is 1.84. The molecule has 6 nitrogen and oxygen atoms in total. The van der Waals surface area contributed by atoms with Gasteiger partial charge in [-0.1, -0.05) is 56.6 Å². The fraction of sp³-hybridized carbons (Fsp3) is 0.220. The summed E-state index contributed by atoms with van der Waals surface area (Å²) in [6.45, 7) is 15.2. The third-order valence-electron chi connectivity index (χ3n) is 8.67. The van der Waals surface area contributed by atoms with Gasteiger partial charge in [-0.3, -0.25) is 0 Å². The first-order chi connectivity index (χ1) is 22.5. The molecule has 0 aliphatic heterocycles. The second-order valence-corrected chi connectivity index (χ2v) is 13.2. The Bertz CT molecular complexity index is 2290. The van der Waals surface area contributed by atoms with Crippen molar-refractivity contribution in [1.29, 1.82) is 0 Å². The number of hydrogen-bond acceptors (Lipinski definition) is 4. The molecule has 0 amide bonds. The van der Waals surface area contributed by atoms with Gasteiger partial charge in [0.25, 0.3) is 0 Å². The quantitative estimate of drug-likeness (QED) is 0.127. The molecular formula is C41H38N4O2Pd. The van der Waals surface area contributed by atoms with Crippen molar-refractivity contribution < 1.29 is 29.9 Å². The van der Waals surface area contributed by atoms with Gasteiger partial charge in [-0.05, 0) is 90.2 Å². The van der Waals surface area contributed by atoms with Crippen molar-refractivity contribution in [2.75, 3.05) is 7.11 Å². The van der Waals surface area contributed by atoms with Gasteiger partial charge in [0.1, 0.15) is 5.82 Å². The largest absolute Gasteiger partial charge is 2.00 e. The predicted octanol–water partition coefficient (Wildman–Crippen LogP) is 9.96. The van der Waals surface area contributed by atoms with E-state index in [2.05, 4.69) is 106 Å². The van der Waals surface area contributed by atoms with Crippen molar-refractivity contribution in [3.05, 3.63) is 125 Å². The first kappa shape index (κ1) is 33.2. The summed E-state index contributed by atoms with van der Waals surface area (Å²) in [5.41, 5.74) is 10.7. The number of nitrogens with zero attached hydrogens (tertiary/aromatic N) is 4. The number of para-hydroxylation sites is 1. The summed E-state index contributed by atoms with van der Waals surface area (Å²) < 4.78 is 16.4. The molecule has 0 saturated heterocycles. The first-order valence-electron chi connectivity index (χ1n) is 15.9. The Morgan fingerprint density at radius 1 is 0.771 bits per heavy atom. The predicted molar refractivity (Wildman–Crippen MR) is 190 cm³/mol. The number of hydrogen-bond donors (Lipinski definition) is 0. The van der Waals surface area contributed by atoms with Gasteiger partial charge in [0, 0.05) is 23.2 Å². The van der Waals surface area contributed by atoms with E-state index in [9.17, 15) is 0 Å². The summed E-state index contributed by atoms with van der Waals surface area (Å²) in [6, 6.07) is 33.7. The monoisotopic (exact) mass is 724 g/mol. The minimum atomic E-state index is 0. The van der Waals surface area contributed by atoms with Gasteiger partial charge < -0.3 is 14.0 Å². The molecule has 48 heavy (non-hydrogen) atoms. The first-order valence-corrected chi connectivity index (χ1v) is 15.9. The average molecular weight is 725 g/mol. The van der Waals surface area contributed by atoms with E-state index >= 15 is 0 Å². The van der Waals surface area contributed by atoms with Crippen molar-refractivity contribution in [3.8, 4) is 40.0 Å². The van der Waals surface area contributed by atoms with Gasteiger partial charge in [-0.15, -0.1) is 35.7 Å². The van der Waals surface area contributed by atoms with Crippen LogP contribution in [-0.4, -0.2) is 26.4 Å². The molecule has 0 saturated carbocycles. The zero-order chi connectivity index (χ0) is 33.0. The van der Waals surface area contributed by atoms with Crippen molar-refractivity contribution in [3.63, 3.8) is 0 Å². The number of aryl methyl sites for hydroxylation is 4. The van der Waals surface area contributed by atoms with Crippen LogP contribution in [0.5, 0.6) is 17.4 Å². The molecule has 0 radical (unpaired) electrons. The fourth-order valence-corrected chi connectivity index (χ4v) is 7.03. The molecular weight excluding hydrogens is 687 g/mol. The molecule has 4 aromatic carbocycles. The molecule has 244 valence electrons. The maximum Gasteiger partial charge on any atom is 2.00 e. The summed E-state index contributed by atoms with van der Waals surface area (Å²) in [5, 5.41) is 7.13. The van der Waals surface area contributed by atoms with Crippen LogP contribution in [0.4, 0.5) is 0 Å². The van der Waals surface area contributed by atoms with E-state index in [1.165, 1.54) is 16.7 Å². The Hall–Kier alpha value is -4.70. The van der Waals surface area contributed by atoms with Crippen molar-refractivity contribution in [2.24, 2.45) is 0 Å². The van der Waals surface area contributed by atoms with Crippen LogP contribution in [0, 0.1) is 39.8 Å². The van der Waals surface area contributed by atoms with E-state index in [-0.39, 0.29) is 25.8 Å². The molecule has 7 rings (SSSR count). The summed E-state index contributed by atoms with van der Waals surface area (Å²) in [5.74, 6) is 2.62. The van der Waals surface area contributed by atoms with Gasteiger partial charge in [-0.25, -0.2) is 9.67 Å². The van der Waals surface area contributed by atoms with Gasteiger partial charge >= 0.3 is 20.4 Å². The molecule has 0 aliphatic rings.